The SMILES string of the molecule is O=C(/C=C/c1[nH]nc2ncccc12)N[C@H](CN1CCOCC1)c1ccccc1. The maximum Gasteiger partial charge on any atom is 0.244 e. The van der Waals surface area contributed by atoms with Crippen molar-refractivity contribution in [1.29, 1.82) is 0 Å². The highest BCUT2D eigenvalue weighted by atomic mass is 16.5. The van der Waals surface area contributed by atoms with Crippen LogP contribution in [0.15, 0.2) is 54.7 Å². The van der Waals surface area contributed by atoms with Gasteiger partial charge in [-0.1, -0.05) is 30.3 Å². The van der Waals surface area contributed by atoms with Crippen molar-refractivity contribution < 1.29 is 9.53 Å². The molecule has 0 bridgehead atoms. The van der Waals surface area contributed by atoms with Crippen LogP contribution in [0.3, 0.4) is 0 Å². The molecule has 1 aliphatic rings. The van der Waals surface area contributed by atoms with E-state index in [1.807, 2.05) is 42.5 Å². The number of ether oxygens (including phenoxy) is 1. The first-order chi connectivity index (χ1) is 13.8. The van der Waals surface area contributed by atoms with Crippen LogP contribution in [-0.4, -0.2) is 58.8 Å². The zero-order valence-electron chi connectivity index (χ0n) is 15.5. The Bertz CT molecular complexity index is 948. The van der Waals surface area contributed by atoms with Gasteiger partial charge in [-0.3, -0.25) is 14.8 Å². The molecule has 0 aliphatic carbocycles. The van der Waals surface area contributed by atoms with Crippen molar-refractivity contribution in [2.75, 3.05) is 32.8 Å². The smallest absolute Gasteiger partial charge is 0.244 e. The van der Waals surface area contributed by atoms with Crippen LogP contribution in [0.2, 0.25) is 0 Å². The number of nitrogens with one attached hydrogen (secondary N) is 2. The number of pyridine rings is 1. The Hall–Kier alpha value is -3.03. The second-order valence-corrected chi connectivity index (χ2v) is 6.73. The Morgan fingerprint density at radius 3 is 2.86 bits per heavy atom. The van der Waals surface area contributed by atoms with E-state index >= 15 is 0 Å². The zero-order chi connectivity index (χ0) is 19.2. The Kier molecular flexibility index (Phi) is 5.75. The summed E-state index contributed by atoms with van der Waals surface area (Å²) in [6.07, 6.45) is 4.97. The minimum atomic E-state index is -0.145. The maximum atomic E-state index is 12.6. The van der Waals surface area contributed by atoms with Gasteiger partial charge in [-0.25, -0.2) is 4.98 Å². The number of carbonyl (C=O) groups excluding carboxylic acids is 1. The zero-order valence-corrected chi connectivity index (χ0v) is 15.5. The molecule has 1 aliphatic heterocycles. The summed E-state index contributed by atoms with van der Waals surface area (Å²) < 4.78 is 5.43. The second kappa shape index (κ2) is 8.77. The lowest BCUT2D eigenvalue weighted by atomic mass is 10.1. The highest BCUT2D eigenvalue weighted by Crippen LogP contribution is 2.16. The lowest BCUT2D eigenvalue weighted by molar-refractivity contribution is -0.117. The minimum Gasteiger partial charge on any atom is -0.379 e. The van der Waals surface area contributed by atoms with E-state index in [9.17, 15) is 4.79 Å². The van der Waals surface area contributed by atoms with Gasteiger partial charge in [0.2, 0.25) is 5.91 Å². The van der Waals surface area contributed by atoms with Crippen LogP contribution < -0.4 is 5.32 Å². The van der Waals surface area contributed by atoms with Gasteiger partial charge in [0.25, 0.3) is 0 Å². The summed E-state index contributed by atoms with van der Waals surface area (Å²) in [5.74, 6) is -0.145. The number of rotatable bonds is 6. The molecule has 0 saturated carbocycles. The normalized spacial score (nSPS) is 16.4. The summed E-state index contributed by atoms with van der Waals surface area (Å²) in [5, 5.41) is 11.1. The third kappa shape index (κ3) is 4.44. The standard InChI is InChI=1S/C21H23N5O2/c27-20(9-8-18-17-7-4-10-22-21(17)25-24-18)23-19(16-5-2-1-3-6-16)15-26-11-13-28-14-12-26/h1-10,19H,11-15H2,(H,23,27)(H,22,24,25)/b9-8+/t19-/m1/s1. The van der Waals surface area contributed by atoms with E-state index in [1.165, 1.54) is 6.08 Å². The summed E-state index contributed by atoms with van der Waals surface area (Å²) >= 11 is 0. The number of benzene rings is 1. The summed E-state index contributed by atoms with van der Waals surface area (Å²) in [6, 6.07) is 13.7. The summed E-state index contributed by atoms with van der Waals surface area (Å²) in [6.45, 7) is 3.97. The summed E-state index contributed by atoms with van der Waals surface area (Å²) in [4.78, 5) is 19.1. The molecule has 1 saturated heterocycles. The average molecular weight is 377 g/mol. The topological polar surface area (TPSA) is 83.1 Å². The number of carbonyl (C=O) groups is 1. The molecule has 3 heterocycles. The minimum absolute atomic E-state index is 0.0865. The van der Waals surface area contributed by atoms with Gasteiger partial charge < -0.3 is 10.1 Å². The number of nitrogens with zero attached hydrogens (tertiary/aromatic N) is 3. The molecular weight excluding hydrogens is 354 g/mol. The Morgan fingerprint density at radius 1 is 1.21 bits per heavy atom. The van der Waals surface area contributed by atoms with Crippen molar-refractivity contribution in [2.24, 2.45) is 0 Å². The van der Waals surface area contributed by atoms with Gasteiger partial charge in [0, 0.05) is 37.3 Å². The number of hydrogen-bond donors (Lipinski definition) is 2. The van der Waals surface area contributed by atoms with Crippen LogP contribution in [0.1, 0.15) is 17.3 Å². The third-order valence-electron chi connectivity index (χ3n) is 4.82. The van der Waals surface area contributed by atoms with Crippen LogP contribution in [0.4, 0.5) is 0 Å². The molecule has 4 rings (SSSR count). The number of morpholine rings is 1. The number of amides is 1. The van der Waals surface area contributed by atoms with Crippen molar-refractivity contribution in [2.45, 2.75) is 6.04 Å². The van der Waals surface area contributed by atoms with Crippen LogP contribution in [0.5, 0.6) is 0 Å². The first-order valence-corrected chi connectivity index (χ1v) is 9.42. The van der Waals surface area contributed by atoms with Crippen molar-refractivity contribution in [3.63, 3.8) is 0 Å². The van der Waals surface area contributed by atoms with Crippen LogP contribution in [0, 0.1) is 0 Å². The van der Waals surface area contributed by atoms with Gasteiger partial charge in [0.15, 0.2) is 5.65 Å². The molecule has 1 atom stereocenters. The van der Waals surface area contributed by atoms with E-state index < -0.39 is 0 Å². The van der Waals surface area contributed by atoms with Gasteiger partial charge in [0.05, 0.1) is 24.9 Å². The van der Waals surface area contributed by atoms with Crippen LogP contribution in [0.25, 0.3) is 17.1 Å². The molecule has 3 aromatic rings. The van der Waals surface area contributed by atoms with Gasteiger partial charge in [-0.15, -0.1) is 0 Å². The van der Waals surface area contributed by atoms with Gasteiger partial charge in [-0.05, 0) is 23.8 Å². The largest absolute Gasteiger partial charge is 0.379 e. The summed E-state index contributed by atoms with van der Waals surface area (Å²) in [7, 11) is 0. The van der Waals surface area contributed by atoms with E-state index in [0.29, 0.717) is 5.65 Å². The van der Waals surface area contributed by atoms with Crippen LogP contribution in [-0.2, 0) is 9.53 Å². The number of aromatic amines is 1. The van der Waals surface area contributed by atoms with Gasteiger partial charge in [0.1, 0.15) is 0 Å². The first kappa shape index (κ1) is 18.3. The molecule has 2 aromatic heterocycles. The molecule has 0 radical (unpaired) electrons. The molecule has 0 unspecified atom stereocenters. The molecule has 1 fully saturated rings. The van der Waals surface area contributed by atoms with Crippen molar-refractivity contribution >= 4 is 23.0 Å². The molecule has 7 heteroatoms. The number of H-pyrrole nitrogens is 1. The fourth-order valence-corrected chi connectivity index (χ4v) is 3.34. The Morgan fingerprint density at radius 2 is 2.04 bits per heavy atom. The molecule has 2 N–H and O–H groups in total. The molecule has 7 nitrogen and oxygen atoms in total. The quantitative estimate of drug-likeness (QED) is 0.643. The van der Waals surface area contributed by atoms with Gasteiger partial charge in [-0.2, -0.15) is 5.10 Å². The molecular formula is C21H23N5O2. The number of aromatic nitrogens is 3. The van der Waals surface area contributed by atoms with E-state index in [0.717, 1.165) is 49.5 Å². The lowest BCUT2D eigenvalue weighted by Crippen LogP contribution is -2.42. The molecule has 144 valence electrons. The van der Waals surface area contributed by atoms with E-state index in [-0.39, 0.29) is 11.9 Å². The third-order valence-corrected chi connectivity index (χ3v) is 4.82. The number of fused-ring (bicyclic) bond motifs is 1. The highest BCUT2D eigenvalue weighted by molar-refractivity contribution is 5.94. The van der Waals surface area contributed by atoms with Crippen molar-refractivity contribution in [3.05, 3.63) is 66.0 Å². The maximum absolute atomic E-state index is 12.6. The monoisotopic (exact) mass is 377 g/mol. The fourth-order valence-electron chi connectivity index (χ4n) is 3.34. The first-order valence-electron chi connectivity index (χ1n) is 9.42. The Balaban J connectivity index is 1.46. The fraction of sp³-hybridized carbons (Fsp3) is 0.286. The van der Waals surface area contributed by atoms with Crippen molar-refractivity contribution in [3.8, 4) is 0 Å². The molecule has 28 heavy (non-hydrogen) atoms. The predicted octanol–water partition coefficient (Wildman–Crippen LogP) is 2.16. The van der Waals surface area contributed by atoms with E-state index in [1.54, 1.807) is 12.3 Å². The van der Waals surface area contributed by atoms with Crippen LogP contribution >= 0.6 is 0 Å². The Labute approximate surface area is 163 Å². The van der Waals surface area contributed by atoms with E-state index in [4.69, 9.17) is 4.74 Å². The second-order valence-electron chi connectivity index (χ2n) is 6.73. The number of hydrogen-bond acceptors (Lipinski definition) is 5. The summed E-state index contributed by atoms with van der Waals surface area (Å²) in [5.41, 5.74) is 2.49. The highest BCUT2D eigenvalue weighted by Gasteiger charge is 2.19. The molecule has 1 amide bonds. The molecule has 1 aromatic carbocycles. The lowest BCUT2D eigenvalue weighted by Gasteiger charge is -2.31. The van der Waals surface area contributed by atoms with Crippen molar-refractivity contribution in [1.82, 2.24) is 25.4 Å². The van der Waals surface area contributed by atoms with E-state index in [2.05, 4.69) is 25.4 Å². The predicted molar refractivity (Wildman–Crippen MR) is 108 cm³/mol. The van der Waals surface area contributed by atoms with Gasteiger partial charge >= 0.3 is 0 Å². The average Bonchev–Trinajstić information content (AvgIpc) is 3.16. The molecule has 0 spiro atoms.